The maximum absolute atomic E-state index is 12.5. The quantitative estimate of drug-likeness (QED) is 0.836. The summed E-state index contributed by atoms with van der Waals surface area (Å²) in [7, 11) is 0. The van der Waals surface area contributed by atoms with Gasteiger partial charge in [0.2, 0.25) is 0 Å². The van der Waals surface area contributed by atoms with Crippen molar-refractivity contribution < 1.29 is 0 Å². The number of rotatable bonds is 1. The maximum atomic E-state index is 12.5. The van der Waals surface area contributed by atoms with Crippen molar-refractivity contribution in [3.05, 3.63) is 52.1 Å². The van der Waals surface area contributed by atoms with Crippen molar-refractivity contribution in [1.82, 2.24) is 15.0 Å². The molecule has 3 aliphatic rings. The highest BCUT2D eigenvalue weighted by Gasteiger charge is 2.37. The van der Waals surface area contributed by atoms with E-state index in [1.165, 1.54) is 0 Å². The zero-order valence-corrected chi connectivity index (χ0v) is 11.3. The normalized spacial score (nSPS) is 26.1. The molecule has 0 fully saturated rings. The van der Waals surface area contributed by atoms with Gasteiger partial charge >= 0.3 is 0 Å². The van der Waals surface area contributed by atoms with E-state index in [2.05, 4.69) is 29.5 Å². The van der Waals surface area contributed by atoms with Gasteiger partial charge in [-0.25, -0.2) is 10.4 Å². The van der Waals surface area contributed by atoms with E-state index < -0.39 is 0 Å². The number of hydrogen-bond donors (Lipinski definition) is 1. The van der Waals surface area contributed by atoms with Crippen molar-refractivity contribution in [3.8, 4) is 0 Å². The van der Waals surface area contributed by atoms with Gasteiger partial charge in [-0.05, 0) is 19.4 Å². The number of fused-ring (bicyclic) bond motifs is 2. The van der Waals surface area contributed by atoms with Gasteiger partial charge in [-0.2, -0.15) is 0 Å². The molecule has 1 aliphatic carbocycles. The van der Waals surface area contributed by atoms with Crippen molar-refractivity contribution in [3.63, 3.8) is 0 Å². The second-order valence-corrected chi connectivity index (χ2v) is 5.61. The van der Waals surface area contributed by atoms with Crippen LogP contribution in [0.2, 0.25) is 0 Å². The lowest BCUT2D eigenvalue weighted by molar-refractivity contribution is 0.464. The van der Waals surface area contributed by atoms with Gasteiger partial charge in [-0.3, -0.25) is 14.4 Å². The molecule has 0 aromatic carbocycles. The second kappa shape index (κ2) is 3.93. The average molecular weight is 268 g/mol. The Kier molecular flexibility index (Phi) is 2.29. The molecule has 1 N–H and O–H groups in total. The van der Waals surface area contributed by atoms with Crippen LogP contribution < -0.4 is 16.0 Å². The van der Waals surface area contributed by atoms with Crippen molar-refractivity contribution in [2.45, 2.75) is 32.0 Å². The molecule has 0 radical (unpaired) electrons. The van der Waals surface area contributed by atoms with Crippen LogP contribution in [0.15, 0.2) is 35.2 Å². The van der Waals surface area contributed by atoms with Gasteiger partial charge in [0.05, 0.1) is 11.1 Å². The van der Waals surface area contributed by atoms with E-state index in [9.17, 15) is 4.79 Å². The van der Waals surface area contributed by atoms with Crippen LogP contribution in [-0.2, 0) is 13.1 Å². The zero-order chi connectivity index (χ0) is 13.7. The summed E-state index contributed by atoms with van der Waals surface area (Å²) >= 11 is 0. The molecule has 3 heterocycles. The average Bonchev–Trinajstić information content (AvgIpc) is 3.06. The third kappa shape index (κ3) is 1.47. The Morgan fingerprint density at radius 3 is 3.05 bits per heavy atom. The molecule has 4 rings (SSSR count). The summed E-state index contributed by atoms with van der Waals surface area (Å²) in [5.41, 5.74) is 3.98. The van der Waals surface area contributed by atoms with Crippen molar-refractivity contribution >= 4 is 11.9 Å². The summed E-state index contributed by atoms with van der Waals surface area (Å²) in [6, 6.07) is 0. The standard InChI is InChI=1S/C15H16N4O/c1-15(7-3-2-4-8-15)19-13-11(10-16-19)14(20)18-9-5-6-12(18)17-13/h2-7,16H,8-10H2,1H3. The number of aromatic nitrogens is 2. The Morgan fingerprint density at radius 1 is 1.35 bits per heavy atom. The van der Waals surface area contributed by atoms with Gasteiger partial charge in [-0.1, -0.05) is 30.4 Å². The SMILES string of the molecule is CC1(N2NCc3c2nc2n(c3=O)CC=C2)C=CC=CC1. The van der Waals surface area contributed by atoms with Crippen LogP contribution in [0.3, 0.4) is 0 Å². The molecule has 0 saturated heterocycles. The van der Waals surface area contributed by atoms with Gasteiger partial charge in [0, 0.05) is 13.1 Å². The van der Waals surface area contributed by atoms with E-state index in [1.807, 2.05) is 29.3 Å². The lowest BCUT2D eigenvalue weighted by atomic mass is 9.93. The first-order valence-electron chi connectivity index (χ1n) is 6.87. The predicted octanol–water partition coefficient (Wildman–Crippen LogP) is 1.37. The van der Waals surface area contributed by atoms with E-state index in [1.54, 1.807) is 4.57 Å². The van der Waals surface area contributed by atoms with Crippen LogP contribution in [0.1, 0.15) is 24.7 Å². The molecule has 0 bridgehead atoms. The summed E-state index contributed by atoms with van der Waals surface area (Å²) in [6.07, 6.45) is 13.2. The van der Waals surface area contributed by atoms with E-state index in [0.717, 1.165) is 23.6 Å². The van der Waals surface area contributed by atoms with Gasteiger partial charge in [0.1, 0.15) is 5.82 Å². The summed E-state index contributed by atoms with van der Waals surface area (Å²) in [5.74, 6) is 1.52. The Morgan fingerprint density at radius 2 is 2.25 bits per heavy atom. The molecule has 5 nitrogen and oxygen atoms in total. The minimum Gasteiger partial charge on any atom is -0.289 e. The molecule has 0 spiro atoms. The first-order valence-corrected chi connectivity index (χ1v) is 6.87. The first-order chi connectivity index (χ1) is 9.69. The zero-order valence-electron chi connectivity index (χ0n) is 11.3. The summed E-state index contributed by atoms with van der Waals surface area (Å²) < 4.78 is 1.73. The molecule has 1 atom stereocenters. The Hall–Kier alpha value is -2.14. The molecule has 102 valence electrons. The number of nitrogens with one attached hydrogen (secondary N) is 1. The molecular weight excluding hydrogens is 252 g/mol. The van der Waals surface area contributed by atoms with Crippen molar-refractivity contribution in [2.24, 2.45) is 0 Å². The van der Waals surface area contributed by atoms with Gasteiger partial charge in [0.15, 0.2) is 5.82 Å². The van der Waals surface area contributed by atoms with Crippen LogP contribution in [0, 0.1) is 0 Å². The lowest BCUT2D eigenvalue weighted by Gasteiger charge is -2.37. The van der Waals surface area contributed by atoms with E-state index in [0.29, 0.717) is 13.1 Å². The highest BCUT2D eigenvalue weighted by molar-refractivity contribution is 5.57. The highest BCUT2D eigenvalue weighted by atomic mass is 16.1. The summed E-state index contributed by atoms with van der Waals surface area (Å²) in [5, 5.41) is 2.04. The summed E-state index contributed by atoms with van der Waals surface area (Å²) in [4.78, 5) is 17.1. The molecular formula is C15H16N4O. The number of allylic oxidation sites excluding steroid dienone is 3. The molecule has 1 aromatic heterocycles. The fraction of sp³-hybridized carbons (Fsp3) is 0.333. The van der Waals surface area contributed by atoms with E-state index in [-0.39, 0.29) is 11.1 Å². The molecule has 1 aromatic rings. The molecule has 20 heavy (non-hydrogen) atoms. The van der Waals surface area contributed by atoms with Gasteiger partial charge < -0.3 is 0 Å². The molecule has 0 amide bonds. The number of hydrogen-bond acceptors (Lipinski definition) is 4. The summed E-state index contributed by atoms with van der Waals surface area (Å²) in [6.45, 7) is 3.33. The Labute approximate surface area is 116 Å². The highest BCUT2D eigenvalue weighted by Crippen LogP contribution is 2.32. The predicted molar refractivity (Wildman–Crippen MR) is 78.2 cm³/mol. The third-order valence-electron chi connectivity index (χ3n) is 4.20. The van der Waals surface area contributed by atoms with Gasteiger partial charge in [-0.15, -0.1) is 0 Å². The smallest absolute Gasteiger partial charge is 0.260 e. The van der Waals surface area contributed by atoms with Gasteiger partial charge in [0.25, 0.3) is 5.56 Å². The van der Waals surface area contributed by atoms with Crippen LogP contribution in [-0.4, -0.2) is 15.1 Å². The van der Waals surface area contributed by atoms with Crippen LogP contribution in [0.25, 0.3) is 6.08 Å². The fourth-order valence-corrected chi connectivity index (χ4v) is 3.04. The Balaban J connectivity index is 1.85. The third-order valence-corrected chi connectivity index (χ3v) is 4.20. The monoisotopic (exact) mass is 268 g/mol. The minimum atomic E-state index is -0.180. The minimum absolute atomic E-state index is 0.0731. The molecule has 0 saturated carbocycles. The number of hydrazine groups is 1. The number of anilines is 1. The lowest BCUT2D eigenvalue weighted by Crippen LogP contribution is -2.50. The molecule has 1 unspecified atom stereocenters. The van der Waals surface area contributed by atoms with Crippen molar-refractivity contribution in [1.29, 1.82) is 0 Å². The largest absolute Gasteiger partial charge is 0.289 e. The van der Waals surface area contributed by atoms with E-state index in [4.69, 9.17) is 0 Å². The first kappa shape index (κ1) is 11.7. The maximum Gasteiger partial charge on any atom is 0.260 e. The fourth-order valence-electron chi connectivity index (χ4n) is 3.04. The van der Waals surface area contributed by atoms with Crippen LogP contribution >= 0.6 is 0 Å². The second-order valence-electron chi connectivity index (χ2n) is 5.61. The topological polar surface area (TPSA) is 50.2 Å². The van der Waals surface area contributed by atoms with Crippen molar-refractivity contribution in [2.75, 3.05) is 5.01 Å². The van der Waals surface area contributed by atoms with Crippen LogP contribution in [0.4, 0.5) is 5.82 Å². The van der Waals surface area contributed by atoms with Crippen LogP contribution in [0.5, 0.6) is 0 Å². The van der Waals surface area contributed by atoms with E-state index >= 15 is 0 Å². The molecule has 2 aliphatic heterocycles. The number of nitrogens with zero attached hydrogens (tertiary/aromatic N) is 3. The Bertz CT molecular complexity index is 728. The molecule has 5 heteroatoms.